The van der Waals surface area contributed by atoms with Crippen LogP contribution in [0.5, 0.6) is 5.75 Å². The molecule has 0 bridgehead atoms. The van der Waals surface area contributed by atoms with Gasteiger partial charge in [0, 0.05) is 31.7 Å². The van der Waals surface area contributed by atoms with E-state index in [1.807, 2.05) is 49.1 Å². The molecular weight excluding hydrogens is 412 g/mol. The zero-order chi connectivity index (χ0) is 23.5. The largest absolute Gasteiger partial charge is 0.481 e. The highest BCUT2D eigenvalue weighted by atomic mass is 16.5. The molecule has 1 atom stereocenters. The highest BCUT2D eigenvalue weighted by Gasteiger charge is 2.26. The van der Waals surface area contributed by atoms with Crippen LogP contribution in [0, 0.1) is 27.7 Å². The summed E-state index contributed by atoms with van der Waals surface area (Å²) in [6, 6.07) is 16.3. The fourth-order valence-corrected chi connectivity index (χ4v) is 4.19. The van der Waals surface area contributed by atoms with E-state index in [0.29, 0.717) is 13.1 Å². The standard InChI is InChI=1S/C27H32N4O2/c1-18-6-9-24(21(4)16-18)25-10-11-26(29-28-25)30-12-14-31(15-13-30)27(32)22(5)33-23-8-7-19(2)20(3)17-23/h6-11,16-17,22H,12-15H2,1-5H3. The Bertz CT molecular complexity index is 1140. The van der Waals surface area contributed by atoms with Gasteiger partial charge in [-0.1, -0.05) is 29.8 Å². The molecule has 0 N–H and O–H groups in total. The number of nitrogens with zero attached hydrogens (tertiary/aromatic N) is 4. The average molecular weight is 445 g/mol. The number of carbonyl (C=O) groups is 1. The van der Waals surface area contributed by atoms with Gasteiger partial charge in [-0.2, -0.15) is 0 Å². The average Bonchev–Trinajstić information content (AvgIpc) is 2.81. The molecule has 3 aromatic rings. The van der Waals surface area contributed by atoms with E-state index in [2.05, 4.69) is 54.1 Å². The molecule has 0 saturated carbocycles. The molecule has 1 aromatic heterocycles. The number of rotatable bonds is 5. The van der Waals surface area contributed by atoms with Crippen molar-refractivity contribution in [3.8, 4) is 17.0 Å². The number of ether oxygens (including phenoxy) is 1. The van der Waals surface area contributed by atoms with Crippen molar-refractivity contribution in [2.45, 2.75) is 40.7 Å². The monoisotopic (exact) mass is 444 g/mol. The molecular formula is C27H32N4O2. The first-order valence-electron chi connectivity index (χ1n) is 11.5. The quantitative estimate of drug-likeness (QED) is 0.580. The van der Waals surface area contributed by atoms with Crippen LogP contribution in [0.1, 0.15) is 29.2 Å². The molecule has 4 rings (SSSR count). The Morgan fingerprint density at radius 3 is 2.24 bits per heavy atom. The number of aromatic nitrogens is 2. The second kappa shape index (κ2) is 9.61. The van der Waals surface area contributed by atoms with Crippen molar-refractivity contribution in [2.75, 3.05) is 31.1 Å². The van der Waals surface area contributed by atoms with E-state index in [1.165, 1.54) is 16.7 Å². The van der Waals surface area contributed by atoms with Crippen LogP contribution in [0.15, 0.2) is 48.5 Å². The van der Waals surface area contributed by atoms with E-state index in [4.69, 9.17) is 4.74 Å². The third-order valence-corrected chi connectivity index (χ3v) is 6.36. The number of hydrogen-bond donors (Lipinski definition) is 0. The molecule has 172 valence electrons. The van der Waals surface area contributed by atoms with Crippen LogP contribution in [0.4, 0.5) is 5.82 Å². The molecule has 33 heavy (non-hydrogen) atoms. The minimum atomic E-state index is -0.518. The van der Waals surface area contributed by atoms with Crippen LogP contribution in [-0.4, -0.2) is 53.3 Å². The lowest BCUT2D eigenvalue weighted by atomic mass is 10.0. The molecule has 6 nitrogen and oxygen atoms in total. The highest BCUT2D eigenvalue weighted by molar-refractivity contribution is 5.81. The smallest absolute Gasteiger partial charge is 0.263 e. The van der Waals surface area contributed by atoms with Gasteiger partial charge in [-0.05, 0) is 75.6 Å². The number of piperazine rings is 1. The first-order chi connectivity index (χ1) is 15.8. The van der Waals surface area contributed by atoms with Gasteiger partial charge in [0.15, 0.2) is 11.9 Å². The summed E-state index contributed by atoms with van der Waals surface area (Å²) in [6.07, 6.45) is -0.518. The Balaban J connectivity index is 1.34. The third kappa shape index (κ3) is 5.16. The van der Waals surface area contributed by atoms with E-state index in [-0.39, 0.29) is 5.91 Å². The van der Waals surface area contributed by atoms with Crippen LogP contribution in [0.3, 0.4) is 0 Å². The fraction of sp³-hybridized carbons (Fsp3) is 0.370. The highest BCUT2D eigenvalue weighted by Crippen LogP contribution is 2.24. The molecule has 6 heteroatoms. The summed E-state index contributed by atoms with van der Waals surface area (Å²) >= 11 is 0. The Morgan fingerprint density at radius 2 is 1.61 bits per heavy atom. The minimum Gasteiger partial charge on any atom is -0.481 e. The summed E-state index contributed by atoms with van der Waals surface area (Å²) in [6.45, 7) is 12.8. The molecule has 0 aliphatic carbocycles. The van der Waals surface area contributed by atoms with Gasteiger partial charge in [0.25, 0.3) is 5.91 Å². The van der Waals surface area contributed by atoms with Crippen molar-refractivity contribution in [1.82, 2.24) is 15.1 Å². The number of anilines is 1. The molecule has 2 aromatic carbocycles. The molecule has 0 radical (unpaired) electrons. The molecule has 1 saturated heterocycles. The molecule has 1 unspecified atom stereocenters. The molecule has 1 aliphatic rings. The number of benzene rings is 2. The maximum atomic E-state index is 12.9. The van der Waals surface area contributed by atoms with E-state index in [9.17, 15) is 4.79 Å². The number of hydrogen-bond acceptors (Lipinski definition) is 5. The number of amides is 1. The minimum absolute atomic E-state index is 0.0177. The van der Waals surface area contributed by atoms with Crippen LogP contribution < -0.4 is 9.64 Å². The lowest BCUT2D eigenvalue weighted by Gasteiger charge is -2.36. The SMILES string of the molecule is Cc1ccc(-c2ccc(N3CCN(C(=O)C(C)Oc4ccc(C)c(C)c4)CC3)nn2)c(C)c1. The topological polar surface area (TPSA) is 58.6 Å². The first-order valence-corrected chi connectivity index (χ1v) is 11.5. The zero-order valence-corrected chi connectivity index (χ0v) is 20.1. The maximum absolute atomic E-state index is 12.9. The predicted octanol–water partition coefficient (Wildman–Crippen LogP) is 4.49. The van der Waals surface area contributed by atoms with Crippen LogP contribution >= 0.6 is 0 Å². The van der Waals surface area contributed by atoms with Gasteiger partial charge in [-0.25, -0.2) is 0 Å². The van der Waals surface area contributed by atoms with Crippen molar-refractivity contribution in [3.05, 3.63) is 70.8 Å². The summed E-state index contributed by atoms with van der Waals surface area (Å²) in [5.41, 5.74) is 6.78. The summed E-state index contributed by atoms with van der Waals surface area (Å²) in [5.74, 6) is 1.59. The van der Waals surface area contributed by atoms with Gasteiger partial charge in [-0.15, -0.1) is 10.2 Å². The molecule has 0 spiro atoms. The van der Waals surface area contributed by atoms with Gasteiger partial charge in [0.2, 0.25) is 0 Å². The second-order valence-corrected chi connectivity index (χ2v) is 8.91. The first kappa shape index (κ1) is 22.8. The van der Waals surface area contributed by atoms with Gasteiger partial charge in [0.05, 0.1) is 5.69 Å². The van der Waals surface area contributed by atoms with Crippen molar-refractivity contribution >= 4 is 11.7 Å². The summed E-state index contributed by atoms with van der Waals surface area (Å²) in [7, 11) is 0. The van der Waals surface area contributed by atoms with Crippen molar-refractivity contribution in [1.29, 1.82) is 0 Å². The van der Waals surface area contributed by atoms with Gasteiger partial charge >= 0.3 is 0 Å². The molecule has 2 heterocycles. The maximum Gasteiger partial charge on any atom is 0.263 e. The summed E-state index contributed by atoms with van der Waals surface area (Å²) < 4.78 is 5.92. The molecule has 1 amide bonds. The van der Waals surface area contributed by atoms with Crippen LogP contribution in [0.2, 0.25) is 0 Å². The van der Waals surface area contributed by atoms with E-state index < -0.39 is 6.10 Å². The van der Waals surface area contributed by atoms with Crippen molar-refractivity contribution in [3.63, 3.8) is 0 Å². The third-order valence-electron chi connectivity index (χ3n) is 6.36. The van der Waals surface area contributed by atoms with Gasteiger partial charge in [-0.3, -0.25) is 4.79 Å². The van der Waals surface area contributed by atoms with E-state index in [1.54, 1.807) is 0 Å². The van der Waals surface area contributed by atoms with Gasteiger partial charge < -0.3 is 14.5 Å². The Morgan fingerprint density at radius 1 is 0.848 bits per heavy atom. The molecule has 1 aliphatic heterocycles. The van der Waals surface area contributed by atoms with Crippen LogP contribution in [-0.2, 0) is 4.79 Å². The predicted molar refractivity (Wildman–Crippen MR) is 132 cm³/mol. The van der Waals surface area contributed by atoms with Crippen molar-refractivity contribution in [2.24, 2.45) is 0 Å². The number of carbonyl (C=O) groups excluding carboxylic acids is 1. The normalized spacial score (nSPS) is 14.8. The molecule has 1 fully saturated rings. The zero-order valence-electron chi connectivity index (χ0n) is 20.1. The number of aryl methyl sites for hydroxylation is 4. The van der Waals surface area contributed by atoms with Crippen LogP contribution in [0.25, 0.3) is 11.3 Å². The summed E-state index contributed by atoms with van der Waals surface area (Å²) in [4.78, 5) is 17.0. The van der Waals surface area contributed by atoms with Gasteiger partial charge in [0.1, 0.15) is 5.75 Å². The Kier molecular flexibility index (Phi) is 6.63. The lowest BCUT2D eigenvalue weighted by molar-refractivity contribution is -0.138. The van der Waals surface area contributed by atoms with Crippen molar-refractivity contribution < 1.29 is 9.53 Å². The second-order valence-electron chi connectivity index (χ2n) is 8.91. The van der Waals surface area contributed by atoms with E-state index in [0.717, 1.165) is 41.5 Å². The Labute approximate surface area is 196 Å². The Hall–Kier alpha value is -3.41. The fourth-order valence-electron chi connectivity index (χ4n) is 4.19. The summed E-state index contributed by atoms with van der Waals surface area (Å²) in [5, 5.41) is 8.93. The van der Waals surface area contributed by atoms with E-state index >= 15 is 0 Å². The lowest BCUT2D eigenvalue weighted by Crippen LogP contribution is -2.52.